The van der Waals surface area contributed by atoms with Crippen molar-refractivity contribution in [2.24, 2.45) is 0 Å². The lowest BCUT2D eigenvalue weighted by Gasteiger charge is -2.37. The minimum atomic E-state index is -0.215. The molecule has 2 rings (SSSR count). The zero-order chi connectivity index (χ0) is 14.5. The van der Waals surface area contributed by atoms with Gasteiger partial charge in [0.2, 0.25) is 0 Å². The topological polar surface area (TPSA) is 49.8 Å². The fraction of sp³-hybridized carbons (Fsp3) is 0.438. The molecule has 0 bridgehead atoms. The molecule has 0 spiro atoms. The van der Waals surface area contributed by atoms with E-state index in [1.165, 1.54) is 0 Å². The maximum Gasteiger partial charge on any atom is 0.255 e. The maximum absolute atomic E-state index is 12.7. The number of benzene rings is 1. The molecule has 0 saturated carbocycles. The average molecular weight is 273 g/mol. The van der Waals surface area contributed by atoms with E-state index in [-0.39, 0.29) is 24.7 Å². The Bertz CT molecular complexity index is 544. The minimum absolute atomic E-state index is 0.0320. The fourth-order valence-corrected chi connectivity index (χ4v) is 2.25. The first-order valence-electron chi connectivity index (χ1n) is 6.74. The second-order valence-electron chi connectivity index (χ2n) is 4.96. The van der Waals surface area contributed by atoms with Crippen LogP contribution in [0.25, 0.3) is 0 Å². The van der Waals surface area contributed by atoms with E-state index in [2.05, 4.69) is 11.8 Å². The molecule has 0 radical (unpaired) electrons. The molecule has 1 heterocycles. The van der Waals surface area contributed by atoms with Gasteiger partial charge in [0.1, 0.15) is 6.61 Å². The van der Waals surface area contributed by atoms with E-state index in [9.17, 15) is 4.79 Å². The number of ether oxygens (including phenoxy) is 1. The number of carbonyl (C=O) groups is 1. The van der Waals surface area contributed by atoms with Crippen molar-refractivity contribution >= 4 is 5.91 Å². The lowest BCUT2D eigenvalue weighted by molar-refractivity contribution is -0.0387. The van der Waals surface area contributed by atoms with Crippen LogP contribution >= 0.6 is 0 Å². The summed E-state index contributed by atoms with van der Waals surface area (Å²) in [5.74, 6) is 5.39. The second kappa shape index (κ2) is 6.56. The molecule has 0 aromatic heterocycles. The van der Waals surface area contributed by atoms with Crippen molar-refractivity contribution in [2.45, 2.75) is 26.0 Å². The molecule has 2 unspecified atom stereocenters. The van der Waals surface area contributed by atoms with E-state index in [1.807, 2.05) is 30.9 Å². The molecule has 1 aliphatic rings. The number of aliphatic hydroxyl groups excluding tert-OH is 1. The zero-order valence-electron chi connectivity index (χ0n) is 11.8. The van der Waals surface area contributed by atoms with Gasteiger partial charge >= 0.3 is 0 Å². The highest BCUT2D eigenvalue weighted by Crippen LogP contribution is 2.17. The molecule has 106 valence electrons. The third-order valence-corrected chi connectivity index (χ3v) is 3.33. The molecule has 1 saturated heterocycles. The summed E-state index contributed by atoms with van der Waals surface area (Å²) >= 11 is 0. The van der Waals surface area contributed by atoms with Gasteiger partial charge in [-0.2, -0.15) is 0 Å². The monoisotopic (exact) mass is 273 g/mol. The lowest BCUT2D eigenvalue weighted by Crippen LogP contribution is -2.50. The molecule has 0 aliphatic carbocycles. The number of amides is 1. The Kier molecular flexibility index (Phi) is 4.78. The Morgan fingerprint density at radius 2 is 2.20 bits per heavy atom. The third-order valence-electron chi connectivity index (χ3n) is 3.33. The van der Waals surface area contributed by atoms with Crippen molar-refractivity contribution < 1.29 is 14.6 Å². The van der Waals surface area contributed by atoms with Crippen LogP contribution in [0.1, 0.15) is 29.8 Å². The predicted octanol–water partition coefficient (Wildman–Crippen LogP) is 1.28. The highest BCUT2D eigenvalue weighted by atomic mass is 16.5. The van der Waals surface area contributed by atoms with Crippen molar-refractivity contribution in [3.63, 3.8) is 0 Å². The van der Waals surface area contributed by atoms with Gasteiger partial charge < -0.3 is 14.7 Å². The van der Waals surface area contributed by atoms with Crippen LogP contribution in [0, 0.1) is 11.8 Å². The molecule has 2 atom stereocenters. The molecule has 1 fully saturated rings. The predicted molar refractivity (Wildman–Crippen MR) is 76.3 cm³/mol. The molecule has 1 aromatic carbocycles. The van der Waals surface area contributed by atoms with Crippen molar-refractivity contribution in [2.75, 3.05) is 19.8 Å². The van der Waals surface area contributed by atoms with Gasteiger partial charge in [-0.3, -0.25) is 4.79 Å². The van der Waals surface area contributed by atoms with Crippen LogP contribution in [0.5, 0.6) is 0 Å². The minimum Gasteiger partial charge on any atom is -0.384 e. The first-order valence-corrected chi connectivity index (χ1v) is 6.74. The van der Waals surface area contributed by atoms with E-state index >= 15 is 0 Å². The number of hydrogen-bond acceptors (Lipinski definition) is 3. The summed E-state index contributed by atoms with van der Waals surface area (Å²) in [5, 5.41) is 8.80. The number of carbonyl (C=O) groups excluding carboxylic acids is 1. The van der Waals surface area contributed by atoms with E-state index in [1.54, 1.807) is 12.1 Å². The molecule has 1 aromatic rings. The van der Waals surface area contributed by atoms with Gasteiger partial charge in [0.05, 0.1) is 24.3 Å². The van der Waals surface area contributed by atoms with Crippen LogP contribution in [-0.4, -0.2) is 47.8 Å². The molecular weight excluding hydrogens is 254 g/mol. The van der Waals surface area contributed by atoms with E-state index in [0.717, 1.165) is 0 Å². The van der Waals surface area contributed by atoms with E-state index in [0.29, 0.717) is 24.3 Å². The molecule has 20 heavy (non-hydrogen) atoms. The largest absolute Gasteiger partial charge is 0.384 e. The van der Waals surface area contributed by atoms with E-state index in [4.69, 9.17) is 9.84 Å². The highest BCUT2D eigenvalue weighted by Gasteiger charge is 2.29. The number of nitrogens with zero attached hydrogens (tertiary/aromatic N) is 1. The Morgan fingerprint density at radius 1 is 1.45 bits per heavy atom. The highest BCUT2D eigenvalue weighted by molar-refractivity contribution is 5.97. The zero-order valence-corrected chi connectivity index (χ0v) is 11.8. The molecule has 1 amide bonds. The van der Waals surface area contributed by atoms with Gasteiger partial charge in [0.25, 0.3) is 5.91 Å². The summed E-state index contributed by atoms with van der Waals surface area (Å²) in [7, 11) is 0. The van der Waals surface area contributed by atoms with Crippen molar-refractivity contribution in [1.29, 1.82) is 0 Å². The first-order chi connectivity index (χ1) is 9.63. The molecule has 1 aliphatic heterocycles. The van der Waals surface area contributed by atoms with Crippen LogP contribution in [0.3, 0.4) is 0 Å². The summed E-state index contributed by atoms with van der Waals surface area (Å²) < 4.78 is 5.55. The van der Waals surface area contributed by atoms with Gasteiger partial charge in [-0.25, -0.2) is 0 Å². The first kappa shape index (κ1) is 14.6. The molecule has 4 heteroatoms. The fourth-order valence-electron chi connectivity index (χ4n) is 2.25. The molecule has 1 N–H and O–H groups in total. The molecular formula is C16H19NO3. The van der Waals surface area contributed by atoms with E-state index < -0.39 is 0 Å². The standard InChI is InChI=1S/C16H19NO3/c1-12-11-20-13(2)10-17(12)16(19)15-8-4-3-6-14(15)7-5-9-18/h3-4,6,8,12-13,18H,9-11H2,1-2H3. The van der Waals surface area contributed by atoms with Gasteiger partial charge in [-0.1, -0.05) is 24.0 Å². The Morgan fingerprint density at radius 3 is 2.95 bits per heavy atom. The van der Waals surface area contributed by atoms with Crippen LogP contribution in [0.2, 0.25) is 0 Å². The SMILES string of the molecule is CC1CN(C(=O)c2ccccc2C#CCO)C(C)CO1. The average Bonchev–Trinajstić information content (AvgIpc) is 2.47. The normalized spacial score (nSPS) is 22.1. The Labute approximate surface area is 119 Å². The summed E-state index contributed by atoms with van der Waals surface area (Å²) in [6.45, 7) is 4.86. The van der Waals surface area contributed by atoms with Gasteiger partial charge in [0, 0.05) is 12.1 Å². The number of morpholine rings is 1. The van der Waals surface area contributed by atoms with Crippen LogP contribution < -0.4 is 0 Å². The van der Waals surface area contributed by atoms with Crippen LogP contribution in [0.15, 0.2) is 24.3 Å². The van der Waals surface area contributed by atoms with Crippen LogP contribution in [0.4, 0.5) is 0 Å². The number of aliphatic hydroxyl groups is 1. The summed E-state index contributed by atoms with van der Waals surface area (Å²) in [6.07, 6.45) is 0.0471. The quantitative estimate of drug-likeness (QED) is 0.784. The maximum atomic E-state index is 12.7. The van der Waals surface area contributed by atoms with Crippen LogP contribution in [-0.2, 0) is 4.74 Å². The Balaban J connectivity index is 2.28. The summed E-state index contributed by atoms with van der Waals surface area (Å²) in [5.41, 5.74) is 1.23. The Hall–Kier alpha value is -1.83. The second-order valence-corrected chi connectivity index (χ2v) is 4.96. The lowest BCUT2D eigenvalue weighted by atomic mass is 10.0. The van der Waals surface area contributed by atoms with Crippen molar-refractivity contribution in [3.05, 3.63) is 35.4 Å². The third kappa shape index (κ3) is 3.19. The van der Waals surface area contributed by atoms with Crippen molar-refractivity contribution in [1.82, 2.24) is 4.90 Å². The van der Waals surface area contributed by atoms with Gasteiger partial charge in [-0.05, 0) is 26.0 Å². The number of rotatable bonds is 1. The van der Waals surface area contributed by atoms with Gasteiger partial charge in [0.15, 0.2) is 0 Å². The molecule has 4 nitrogen and oxygen atoms in total. The number of hydrogen-bond donors (Lipinski definition) is 1. The summed E-state index contributed by atoms with van der Waals surface area (Å²) in [4.78, 5) is 14.5. The van der Waals surface area contributed by atoms with Gasteiger partial charge in [-0.15, -0.1) is 0 Å². The van der Waals surface area contributed by atoms with Crippen molar-refractivity contribution in [3.8, 4) is 11.8 Å². The summed E-state index contributed by atoms with van der Waals surface area (Å²) in [6, 6.07) is 7.29. The smallest absolute Gasteiger partial charge is 0.255 e.